The van der Waals surface area contributed by atoms with Crippen LogP contribution in [0.1, 0.15) is 53.4 Å². The maximum atomic E-state index is 12.0. The topological polar surface area (TPSA) is 69.6 Å². The molecule has 0 rings (SSSR count). The Bertz CT molecular complexity index is 267. The Hall–Kier alpha value is -1.26. The van der Waals surface area contributed by atoms with Crippen molar-refractivity contribution in [2.24, 2.45) is 0 Å². The Balaban J connectivity index is 4.07. The molecule has 0 saturated carbocycles. The fraction of sp³-hybridized carbons (Fsp3) is 0.846. The van der Waals surface area contributed by atoms with Gasteiger partial charge in [-0.05, 0) is 40.0 Å². The zero-order chi connectivity index (χ0) is 14.1. The van der Waals surface area contributed by atoms with Crippen molar-refractivity contribution in [2.45, 2.75) is 65.5 Å². The first-order chi connectivity index (χ1) is 8.38. The predicted octanol–water partition coefficient (Wildman–Crippen LogP) is 2.46. The highest BCUT2D eigenvalue weighted by atomic mass is 16.4. The molecule has 0 saturated heterocycles. The van der Waals surface area contributed by atoms with Gasteiger partial charge in [0.15, 0.2) is 0 Å². The van der Waals surface area contributed by atoms with Gasteiger partial charge in [0.05, 0.1) is 0 Å². The minimum atomic E-state index is -0.789. The number of rotatable bonds is 8. The van der Waals surface area contributed by atoms with Gasteiger partial charge in [-0.15, -0.1) is 0 Å². The molecule has 0 aliphatic rings. The number of carboxylic acid groups (broad SMARTS) is 1. The Kier molecular flexibility index (Phi) is 8.16. The van der Waals surface area contributed by atoms with Crippen LogP contribution in [-0.2, 0) is 4.79 Å². The first-order valence-corrected chi connectivity index (χ1v) is 6.67. The number of carbonyl (C=O) groups excluding carboxylic acids is 1. The molecule has 0 aliphatic carbocycles. The molecular weight excluding hydrogens is 232 g/mol. The summed E-state index contributed by atoms with van der Waals surface area (Å²) in [5.41, 5.74) is 0. The fourth-order valence-electron chi connectivity index (χ4n) is 1.76. The van der Waals surface area contributed by atoms with E-state index in [1.54, 1.807) is 4.90 Å². The summed E-state index contributed by atoms with van der Waals surface area (Å²) in [5, 5.41) is 11.5. The van der Waals surface area contributed by atoms with Crippen LogP contribution in [0.25, 0.3) is 0 Å². The van der Waals surface area contributed by atoms with Gasteiger partial charge in [-0.3, -0.25) is 4.79 Å². The van der Waals surface area contributed by atoms with Crippen molar-refractivity contribution in [1.29, 1.82) is 0 Å². The summed E-state index contributed by atoms with van der Waals surface area (Å²) in [7, 11) is 0. The minimum absolute atomic E-state index is 0.00922. The summed E-state index contributed by atoms with van der Waals surface area (Å²) >= 11 is 0. The van der Waals surface area contributed by atoms with Crippen LogP contribution in [-0.4, -0.2) is 40.6 Å². The molecule has 0 bridgehead atoms. The monoisotopic (exact) mass is 258 g/mol. The quantitative estimate of drug-likeness (QED) is 0.702. The second-order valence-corrected chi connectivity index (χ2v) is 4.92. The summed E-state index contributed by atoms with van der Waals surface area (Å²) in [6.45, 7) is 8.67. The lowest BCUT2D eigenvalue weighted by Crippen LogP contribution is -2.47. The molecule has 2 N–H and O–H groups in total. The van der Waals surface area contributed by atoms with Gasteiger partial charge >= 0.3 is 12.0 Å². The second-order valence-electron chi connectivity index (χ2n) is 4.92. The van der Waals surface area contributed by atoms with Crippen molar-refractivity contribution >= 4 is 12.0 Å². The van der Waals surface area contributed by atoms with Crippen LogP contribution in [0.4, 0.5) is 4.79 Å². The lowest BCUT2D eigenvalue weighted by molar-refractivity contribution is -0.137. The van der Waals surface area contributed by atoms with E-state index >= 15 is 0 Å². The Morgan fingerprint density at radius 3 is 2.33 bits per heavy atom. The molecule has 0 spiro atoms. The molecule has 0 aliphatic heterocycles. The average molecular weight is 258 g/mol. The average Bonchev–Trinajstić information content (AvgIpc) is 2.24. The number of hydrogen-bond acceptors (Lipinski definition) is 2. The van der Waals surface area contributed by atoms with Crippen LogP contribution >= 0.6 is 0 Å². The molecule has 0 aromatic carbocycles. The van der Waals surface area contributed by atoms with Crippen LogP contribution in [0.5, 0.6) is 0 Å². The second kappa shape index (κ2) is 8.78. The largest absolute Gasteiger partial charge is 0.481 e. The third-order valence-electron chi connectivity index (χ3n) is 2.75. The van der Waals surface area contributed by atoms with Crippen molar-refractivity contribution in [3.8, 4) is 0 Å². The van der Waals surface area contributed by atoms with E-state index in [0.717, 1.165) is 13.0 Å². The zero-order valence-corrected chi connectivity index (χ0v) is 11.9. The smallest absolute Gasteiger partial charge is 0.317 e. The first kappa shape index (κ1) is 16.7. The van der Waals surface area contributed by atoms with Gasteiger partial charge in [0.2, 0.25) is 0 Å². The molecule has 18 heavy (non-hydrogen) atoms. The number of urea groups is 1. The van der Waals surface area contributed by atoms with E-state index in [4.69, 9.17) is 5.11 Å². The Morgan fingerprint density at radius 2 is 1.89 bits per heavy atom. The van der Waals surface area contributed by atoms with Crippen LogP contribution in [0, 0.1) is 0 Å². The summed E-state index contributed by atoms with van der Waals surface area (Å²) in [6, 6.07) is 0.126. The van der Waals surface area contributed by atoms with Gasteiger partial charge in [0.1, 0.15) is 0 Å². The minimum Gasteiger partial charge on any atom is -0.481 e. The van der Waals surface area contributed by atoms with Crippen LogP contribution in [0.15, 0.2) is 0 Å². The number of nitrogens with one attached hydrogen (secondary N) is 1. The van der Waals surface area contributed by atoms with Crippen molar-refractivity contribution in [1.82, 2.24) is 10.2 Å². The summed E-state index contributed by atoms with van der Waals surface area (Å²) in [6.07, 6.45) is 2.37. The highest BCUT2D eigenvalue weighted by molar-refractivity contribution is 5.74. The van der Waals surface area contributed by atoms with Crippen molar-refractivity contribution in [2.75, 3.05) is 6.54 Å². The molecule has 106 valence electrons. The number of nitrogens with zero attached hydrogens (tertiary/aromatic N) is 1. The van der Waals surface area contributed by atoms with E-state index in [1.807, 2.05) is 27.7 Å². The number of amides is 2. The van der Waals surface area contributed by atoms with E-state index in [2.05, 4.69) is 5.32 Å². The molecule has 0 radical (unpaired) electrons. The number of carboxylic acids is 1. The standard InChI is InChI=1S/C13H26N2O3/c1-5-9-15(10(2)3)13(18)14-11(4)7-6-8-12(16)17/h10-11H,5-9H2,1-4H3,(H,14,18)(H,16,17). The predicted molar refractivity (Wildman–Crippen MR) is 71.6 cm³/mol. The lowest BCUT2D eigenvalue weighted by Gasteiger charge is -2.28. The summed E-state index contributed by atoms with van der Waals surface area (Å²) < 4.78 is 0. The van der Waals surface area contributed by atoms with E-state index < -0.39 is 5.97 Å². The molecule has 0 heterocycles. The normalized spacial score (nSPS) is 12.3. The van der Waals surface area contributed by atoms with Crippen molar-refractivity contribution in [3.05, 3.63) is 0 Å². The van der Waals surface area contributed by atoms with Gasteiger partial charge in [-0.25, -0.2) is 4.79 Å². The molecule has 0 aromatic heterocycles. The molecule has 5 nitrogen and oxygen atoms in total. The van der Waals surface area contributed by atoms with Crippen LogP contribution in [0.2, 0.25) is 0 Å². The number of aliphatic carboxylic acids is 1. The summed E-state index contributed by atoms with van der Waals surface area (Å²) in [4.78, 5) is 24.2. The number of carbonyl (C=O) groups is 2. The summed E-state index contributed by atoms with van der Waals surface area (Å²) in [5.74, 6) is -0.789. The first-order valence-electron chi connectivity index (χ1n) is 6.67. The Labute approximate surface area is 110 Å². The van der Waals surface area contributed by atoms with Crippen LogP contribution in [0.3, 0.4) is 0 Å². The Morgan fingerprint density at radius 1 is 1.28 bits per heavy atom. The fourth-order valence-corrected chi connectivity index (χ4v) is 1.76. The molecule has 0 fully saturated rings. The molecule has 0 aromatic rings. The van der Waals surface area contributed by atoms with E-state index in [-0.39, 0.29) is 24.5 Å². The van der Waals surface area contributed by atoms with E-state index in [0.29, 0.717) is 12.8 Å². The lowest BCUT2D eigenvalue weighted by atomic mass is 10.1. The van der Waals surface area contributed by atoms with Gasteiger partial charge in [0.25, 0.3) is 0 Å². The molecule has 1 unspecified atom stereocenters. The van der Waals surface area contributed by atoms with Gasteiger partial charge in [-0.2, -0.15) is 0 Å². The molecule has 5 heteroatoms. The highest BCUT2D eigenvalue weighted by Crippen LogP contribution is 2.04. The van der Waals surface area contributed by atoms with Crippen LogP contribution < -0.4 is 5.32 Å². The SMILES string of the molecule is CCCN(C(=O)NC(C)CCCC(=O)O)C(C)C. The third kappa shape index (κ3) is 7.14. The van der Waals surface area contributed by atoms with Gasteiger partial charge in [0, 0.05) is 25.0 Å². The van der Waals surface area contributed by atoms with Gasteiger partial charge in [-0.1, -0.05) is 6.92 Å². The van der Waals surface area contributed by atoms with Crippen molar-refractivity contribution in [3.63, 3.8) is 0 Å². The molecule has 2 amide bonds. The highest BCUT2D eigenvalue weighted by Gasteiger charge is 2.17. The third-order valence-corrected chi connectivity index (χ3v) is 2.75. The van der Waals surface area contributed by atoms with Crippen molar-refractivity contribution < 1.29 is 14.7 Å². The molecule has 1 atom stereocenters. The maximum absolute atomic E-state index is 12.0. The van der Waals surface area contributed by atoms with Gasteiger partial charge < -0.3 is 15.3 Å². The van der Waals surface area contributed by atoms with E-state index in [1.165, 1.54) is 0 Å². The van der Waals surface area contributed by atoms with E-state index in [9.17, 15) is 9.59 Å². The molecular formula is C13H26N2O3. The number of hydrogen-bond donors (Lipinski definition) is 2. The maximum Gasteiger partial charge on any atom is 0.317 e. The zero-order valence-electron chi connectivity index (χ0n) is 11.9.